The highest BCUT2D eigenvalue weighted by Gasteiger charge is 2.18. The Morgan fingerprint density at radius 1 is 0.844 bits per heavy atom. The van der Waals surface area contributed by atoms with Gasteiger partial charge in [0.05, 0.1) is 24.0 Å². The van der Waals surface area contributed by atoms with E-state index in [9.17, 15) is 0 Å². The van der Waals surface area contributed by atoms with Crippen molar-refractivity contribution in [2.24, 2.45) is 0 Å². The number of rotatable bonds is 10. The quantitative estimate of drug-likeness (QED) is 0.347. The molecule has 32 heavy (non-hydrogen) atoms. The zero-order valence-corrected chi connectivity index (χ0v) is 20.2. The summed E-state index contributed by atoms with van der Waals surface area (Å²) in [4.78, 5) is 5.00. The van der Waals surface area contributed by atoms with Gasteiger partial charge in [0.15, 0.2) is 0 Å². The molecular weight excluding hydrogens is 398 g/mol. The number of hydrogen-bond acceptors (Lipinski definition) is 4. The molecule has 0 fully saturated rings. The molecule has 1 heterocycles. The molecule has 0 unspecified atom stereocenters. The number of ether oxygens (including phenoxy) is 3. The predicted molar refractivity (Wildman–Crippen MR) is 131 cm³/mol. The van der Waals surface area contributed by atoms with Crippen LogP contribution in [-0.4, -0.2) is 17.7 Å². The molecule has 3 aromatic rings. The SMILES string of the molecule is CCOc1cccc(OCc2c(OC(C)C)cc(-c3c(CC)cccc3CC)nc2C)c1. The summed E-state index contributed by atoms with van der Waals surface area (Å²) in [5.41, 5.74) is 6.70. The van der Waals surface area contributed by atoms with Crippen LogP contribution in [0.3, 0.4) is 0 Å². The molecule has 0 saturated heterocycles. The zero-order valence-electron chi connectivity index (χ0n) is 20.2. The molecule has 0 amide bonds. The van der Waals surface area contributed by atoms with Gasteiger partial charge in [0.25, 0.3) is 0 Å². The van der Waals surface area contributed by atoms with Gasteiger partial charge in [-0.05, 0) is 63.8 Å². The van der Waals surface area contributed by atoms with Crippen molar-refractivity contribution < 1.29 is 14.2 Å². The zero-order chi connectivity index (χ0) is 23.1. The van der Waals surface area contributed by atoms with E-state index < -0.39 is 0 Å². The number of nitrogens with zero attached hydrogens (tertiary/aromatic N) is 1. The van der Waals surface area contributed by atoms with Gasteiger partial charge in [0.1, 0.15) is 23.9 Å². The minimum Gasteiger partial charge on any atom is -0.494 e. The van der Waals surface area contributed by atoms with Crippen LogP contribution in [-0.2, 0) is 19.4 Å². The van der Waals surface area contributed by atoms with Crippen LogP contribution >= 0.6 is 0 Å². The van der Waals surface area contributed by atoms with E-state index in [0.717, 1.165) is 47.0 Å². The first kappa shape index (κ1) is 23.6. The minimum absolute atomic E-state index is 0.0525. The normalized spacial score (nSPS) is 11.0. The molecule has 0 aliphatic carbocycles. The van der Waals surface area contributed by atoms with Gasteiger partial charge in [-0.2, -0.15) is 0 Å². The van der Waals surface area contributed by atoms with Crippen molar-refractivity contribution in [2.45, 2.75) is 67.1 Å². The van der Waals surface area contributed by atoms with E-state index in [1.807, 2.05) is 52.0 Å². The summed E-state index contributed by atoms with van der Waals surface area (Å²) in [6.45, 7) is 13.5. The Bertz CT molecular complexity index is 1020. The average molecular weight is 434 g/mol. The molecule has 3 rings (SSSR count). The molecule has 0 aliphatic heterocycles. The maximum Gasteiger partial charge on any atom is 0.130 e. The maximum absolute atomic E-state index is 6.24. The fraction of sp³-hybridized carbons (Fsp3) is 0.393. The third-order valence-electron chi connectivity index (χ3n) is 5.41. The highest BCUT2D eigenvalue weighted by molar-refractivity contribution is 5.70. The van der Waals surface area contributed by atoms with Crippen LogP contribution < -0.4 is 14.2 Å². The maximum atomic E-state index is 6.24. The van der Waals surface area contributed by atoms with E-state index in [1.165, 1.54) is 16.7 Å². The number of aryl methyl sites for hydroxylation is 3. The summed E-state index contributed by atoms with van der Waals surface area (Å²) >= 11 is 0. The van der Waals surface area contributed by atoms with Crippen LogP contribution in [0.15, 0.2) is 48.5 Å². The molecule has 170 valence electrons. The van der Waals surface area contributed by atoms with Gasteiger partial charge in [0.2, 0.25) is 0 Å². The Morgan fingerprint density at radius 2 is 1.47 bits per heavy atom. The Kier molecular flexibility index (Phi) is 8.15. The Balaban J connectivity index is 1.99. The van der Waals surface area contributed by atoms with Crippen molar-refractivity contribution in [3.05, 3.63) is 70.9 Å². The molecule has 0 N–H and O–H groups in total. The molecule has 1 aromatic heterocycles. The lowest BCUT2D eigenvalue weighted by atomic mass is 9.94. The summed E-state index contributed by atoms with van der Waals surface area (Å²) < 4.78 is 17.9. The third kappa shape index (κ3) is 5.61. The molecule has 0 bridgehead atoms. The van der Waals surface area contributed by atoms with Crippen LogP contribution in [0.25, 0.3) is 11.3 Å². The molecule has 4 nitrogen and oxygen atoms in total. The molecule has 0 spiro atoms. The fourth-order valence-electron chi connectivity index (χ4n) is 3.88. The van der Waals surface area contributed by atoms with Gasteiger partial charge in [-0.25, -0.2) is 0 Å². The number of benzene rings is 2. The van der Waals surface area contributed by atoms with Gasteiger partial charge in [-0.3, -0.25) is 4.98 Å². The van der Waals surface area contributed by atoms with Crippen molar-refractivity contribution in [1.29, 1.82) is 0 Å². The van der Waals surface area contributed by atoms with Crippen molar-refractivity contribution in [1.82, 2.24) is 4.98 Å². The van der Waals surface area contributed by atoms with Crippen LogP contribution in [0.4, 0.5) is 0 Å². The summed E-state index contributed by atoms with van der Waals surface area (Å²) in [5, 5.41) is 0. The molecule has 2 aromatic carbocycles. The number of hydrogen-bond donors (Lipinski definition) is 0. The third-order valence-corrected chi connectivity index (χ3v) is 5.41. The molecule has 0 aliphatic rings. The second-order valence-corrected chi connectivity index (χ2v) is 8.09. The van der Waals surface area contributed by atoms with Crippen LogP contribution in [0, 0.1) is 6.92 Å². The first-order valence-electron chi connectivity index (χ1n) is 11.6. The fourth-order valence-corrected chi connectivity index (χ4v) is 3.88. The highest BCUT2D eigenvalue weighted by Crippen LogP contribution is 2.34. The molecule has 0 saturated carbocycles. The lowest BCUT2D eigenvalue weighted by Crippen LogP contribution is -2.11. The Morgan fingerprint density at radius 3 is 2.06 bits per heavy atom. The minimum atomic E-state index is 0.0525. The van der Waals surface area contributed by atoms with Gasteiger partial charge < -0.3 is 14.2 Å². The molecule has 0 atom stereocenters. The molecule has 0 radical (unpaired) electrons. The predicted octanol–water partition coefficient (Wildman–Crippen LogP) is 6.95. The number of pyridine rings is 1. The van der Waals surface area contributed by atoms with Gasteiger partial charge >= 0.3 is 0 Å². The second kappa shape index (κ2) is 11.0. The van der Waals surface area contributed by atoms with Gasteiger partial charge in [-0.15, -0.1) is 0 Å². The topological polar surface area (TPSA) is 40.6 Å². The first-order valence-corrected chi connectivity index (χ1v) is 11.6. The van der Waals surface area contributed by atoms with E-state index >= 15 is 0 Å². The van der Waals surface area contributed by atoms with Crippen molar-refractivity contribution in [3.8, 4) is 28.5 Å². The van der Waals surface area contributed by atoms with Gasteiger partial charge in [0, 0.05) is 23.4 Å². The van der Waals surface area contributed by atoms with E-state index in [0.29, 0.717) is 13.2 Å². The Labute approximate surface area is 192 Å². The summed E-state index contributed by atoms with van der Waals surface area (Å²) in [5.74, 6) is 2.40. The monoisotopic (exact) mass is 433 g/mol. The van der Waals surface area contributed by atoms with Crippen molar-refractivity contribution in [2.75, 3.05) is 6.61 Å². The summed E-state index contributed by atoms with van der Waals surface area (Å²) in [7, 11) is 0. The van der Waals surface area contributed by atoms with Gasteiger partial charge in [-0.1, -0.05) is 38.1 Å². The molecular formula is C28H35NO3. The Hall–Kier alpha value is -3.01. The van der Waals surface area contributed by atoms with E-state index in [4.69, 9.17) is 19.2 Å². The first-order chi connectivity index (χ1) is 15.5. The highest BCUT2D eigenvalue weighted by atomic mass is 16.5. The van der Waals surface area contributed by atoms with Crippen LogP contribution in [0.1, 0.15) is 57.0 Å². The smallest absolute Gasteiger partial charge is 0.130 e. The van der Waals surface area contributed by atoms with Crippen LogP contribution in [0.5, 0.6) is 17.2 Å². The lowest BCUT2D eigenvalue weighted by molar-refractivity contribution is 0.229. The van der Waals surface area contributed by atoms with Crippen molar-refractivity contribution in [3.63, 3.8) is 0 Å². The van der Waals surface area contributed by atoms with E-state index in [1.54, 1.807) is 0 Å². The number of aromatic nitrogens is 1. The average Bonchev–Trinajstić information content (AvgIpc) is 2.77. The second-order valence-electron chi connectivity index (χ2n) is 8.09. The van der Waals surface area contributed by atoms with E-state index in [-0.39, 0.29) is 6.10 Å². The summed E-state index contributed by atoms with van der Waals surface area (Å²) in [6, 6.07) is 16.3. The largest absolute Gasteiger partial charge is 0.494 e. The standard InChI is InChI=1S/C28H35NO3/c1-7-21-12-10-13-22(8-2)28(21)26-17-27(32-19(4)5)25(20(6)29-26)18-31-24-15-11-14-23(16-24)30-9-3/h10-17,19H,7-9,18H2,1-6H3. The summed E-state index contributed by atoms with van der Waals surface area (Å²) in [6.07, 6.45) is 1.98. The van der Waals surface area contributed by atoms with E-state index in [2.05, 4.69) is 38.1 Å². The molecule has 4 heteroatoms. The van der Waals surface area contributed by atoms with Crippen LogP contribution in [0.2, 0.25) is 0 Å². The lowest BCUT2D eigenvalue weighted by Gasteiger charge is -2.20. The van der Waals surface area contributed by atoms with Crippen molar-refractivity contribution >= 4 is 0 Å².